The maximum Gasteiger partial charge on any atom is 0.306 e. The highest BCUT2D eigenvalue weighted by Gasteiger charge is 2.34. The monoisotopic (exact) mass is 279 g/mol. The molecule has 1 aliphatic heterocycles. The zero-order chi connectivity index (χ0) is 13.8. The van der Waals surface area contributed by atoms with E-state index in [0.717, 1.165) is 6.26 Å². The van der Waals surface area contributed by atoms with Crippen LogP contribution in [0.25, 0.3) is 0 Å². The summed E-state index contributed by atoms with van der Waals surface area (Å²) in [7, 11) is -3.52. The second-order valence-corrected chi connectivity index (χ2v) is 5.78. The molecule has 1 saturated heterocycles. The summed E-state index contributed by atoms with van der Waals surface area (Å²) in [6.45, 7) is 1.85. The number of carbonyl (C=O) groups excluding carboxylic acids is 2. The molecule has 1 heterocycles. The fourth-order valence-electron chi connectivity index (χ4n) is 1.74. The molecule has 0 radical (unpaired) electrons. The lowest BCUT2D eigenvalue weighted by Crippen LogP contribution is -2.31. The second kappa shape index (κ2) is 6.14. The summed E-state index contributed by atoms with van der Waals surface area (Å²) >= 11 is 0. The SMILES string of the molecule is CCOC(=O)CC1CC(COS(C)(=O)=O)NC1=O. The highest BCUT2D eigenvalue weighted by Crippen LogP contribution is 2.20. The van der Waals surface area contributed by atoms with Gasteiger partial charge in [0.25, 0.3) is 10.1 Å². The van der Waals surface area contributed by atoms with Gasteiger partial charge in [0.2, 0.25) is 5.91 Å². The van der Waals surface area contributed by atoms with E-state index in [4.69, 9.17) is 4.74 Å². The molecule has 1 rings (SSSR count). The van der Waals surface area contributed by atoms with Crippen molar-refractivity contribution in [3.8, 4) is 0 Å². The van der Waals surface area contributed by atoms with E-state index in [9.17, 15) is 18.0 Å². The Morgan fingerprint density at radius 2 is 2.17 bits per heavy atom. The quantitative estimate of drug-likeness (QED) is 0.516. The molecule has 0 aliphatic carbocycles. The van der Waals surface area contributed by atoms with Crippen molar-refractivity contribution in [2.45, 2.75) is 25.8 Å². The van der Waals surface area contributed by atoms with Gasteiger partial charge >= 0.3 is 5.97 Å². The molecule has 0 aromatic rings. The zero-order valence-electron chi connectivity index (χ0n) is 10.3. The van der Waals surface area contributed by atoms with Gasteiger partial charge in [-0.15, -0.1) is 0 Å². The van der Waals surface area contributed by atoms with Gasteiger partial charge in [0.05, 0.1) is 37.9 Å². The van der Waals surface area contributed by atoms with Crippen molar-refractivity contribution in [2.75, 3.05) is 19.5 Å². The van der Waals surface area contributed by atoms with Gasteiger partial charge in [-0.2, -0.15) is 8.42 Å². The van der Waals surface area contributed by atoms with Crippen molar-refractivity contribution in [1.29, 1.82) is 0 Å². The van der Waals surface area contributed by atoms with E-state index < -0.39 is 22.0 Å². The predicted octanol–water partition coefficient (Wildman–Crippen LogP) is -0.579. The van der Waals surface area contributed by atoms with Crippen molar-refractivity contribution in [3.05, 3.63) is 0 Å². The Morgan fingerprint density at radius 1 is 1.50 bits per heavy atom. The molecule has 104 valence electrons. The summed E-state index contributed by atoms with van der Waals surface area (Å²) in [4.78, 5) is 22.8. The lowest BCUT2D eigenvalue weighted by atomic mass is 10.0. The topological polar surface area (TPSA) is 98.8 Å². The molecule has 7 nitrogen and oxygen atoms in total. The van der Waals surface area contributed by atoms with Crippen LogP contribution in [0.15, 0.2) is 0 Å². The first-order valence-corrected chi connectivity index (χ1v) is 7.44. The van der Waals surface area contributed by atoms with E-state index in [2.05, 4.69) is 9.50 Å². The van der Waals surface area contributed by atoms with Gasteiger partial charge in [0, 0.05) is 0 Å². The molecule has 0 spiro atoms. The number of carbonyl (C=O) groups is 2. The van der Waals surface area contributed by atoms with Crippen LogP contribution in [0.4, 0.5) is 0 Å². The molecule has 18 heavy (non-hydrogen) atoms. The van der Waals surface area contributed by atoms with Crippen LogP contribution in [0, 0.1) is 5.92 Å². The van der Waals surface area contributed by atoms with Crippen molar-refractivity contribution >= 4 is 22.0 Å². The van der Waals surface area contributed by atoms with Gasteiger partial charge in [-0.05, 0) is 13.3 Å². The van der Waals surface area contributed by atoms with Crippen molar-refractivity contribution < 1.29 is 26.9 Å². The Morgan fingerprint density at radius 3 is 2.72 bits per heavy atom. The Bertz CT molecular complexity index is 418. The largest absolute Gasteiger partial charge is 0.466 e. The number of amides is 1. The summed E-state index contributed by atoms with van der Waals surface area (Å²) in [5, 5.41) is 2.59. The van der Waals surface area contributed by atoms with E-state index in [1.165, 1.54) is 0 Å². The number of hydrogen-bond acceptors (Lipinski definition) is 6. The summed E-state index contributed by atoms with van der Waals surface area (Å²) in [5.41, 5.74) is 0. The minimum absolute atomic E-state index is 0.00898. The van der Waals surface area contributed by atoms with Crippen LogP contribution in [0.2, 0.25) is 0 Å². The van der Waals surface area contributed by atoms with Crippen molar-refractivity contribution in [3.63, 3.8) is 0 Å². The third-order valence-corrected chi connectivity index (χ3v) is 3.05. The molecule has 2 atom stereocenters. The Hall–Kier alpha value is -1.15. The van der Waals surface area contributed by atoms with Crippen LogP contribution in [-0.2, 0) is 28.6 Å². The highest BCUT2D eigenvalue weighted by molar-refractivity contribution is 7.85. The number of hydrogen-bond donors (Lipinski definition) is 1. The Kier molecular flexibility index (Phi) is 5.09. The summed E-state index contributed by atoms with van der Waals surface area (Å²) in [6.07, 6.45) is 1.32. The van der Waals surface area contributed by atoms with Gasteiger partial charge in [0.15, 0.2) is 0 Å². The molecule has 8 heteroatoms. The maximum absolute atomic E-state index is 11.5. The lowest BCUT2D eigenvalue weighted by molar-refractivity contribution is -0.145. The molecule has 0 aromatic carbocycles. The molecular weight excluding hydrogens is 262 g/mol. The fraction of sp³-hybridized carbons (Fsp3) is 0.800. The first-order valence-electron chi connectivity index (χ1n) is 5.62. The molecule has 1 N–H and O–H groups in total. The average molecular weight is 279 g/mol. The molecule has 1 amide bonds. The number of ether oxygens (including phenoxy) is 1. The Balaban J connectivity index is 2.41. The fourth-order valence-corrected chi connectivity index (χ4v) is 2.15. The minimum Gasteiger partial charge on any atom is -0.466 e. The molecule has 0 saturated carbocycles. The maximum atomic E-state index is 11.5. The predicted molar refractivity (Wildman–Crippen MR) is 62.1 cm³/mol. The van der Waals surface area contributed by atoms with E-state index >= 15 is 0 Å². The van der Waals surface area contributed by atoms with Crippen LogP contribution >= 0.6 is 0 Å². The van der Waals surface area contributed by atoms with Gasteiger partial charge in [-0.3, -0.25) is 13.8 Å². The van der Waals surface area contributed by atoms with E-state index in [1.807, 2.05) is 0 Å². The van der Waals surface area contributed by atoms with E-state index in [0.29, 0.717) is 6.42 Å². The lowest BCUT2D eigenvalue weighted by Gasteiger charge is -2.08. The average Bonchev–Trinajstić information content (AvgIpc) is 2.56. The highest BCUT2D eigenvalue weighted by atomic mass is 32.2. The van der Waals surface area contributed by atoms with E-state index in [-0.39, 0.29) is 31.6 Å². The molecule has 0 bridgehead atoms. The Labute approximate surface area is 106 Å². The van der Waals surface area contributed by atoms with Crippen LogP contribution in [0.1, 0.15) is 19.8 Å². The number of esters is 1. The van der Waals surface area contributed by atoms with Crippen LogP contribution < -0.4 is 5.32 Å². The van der Waals surface area contributed by atoms with Crippen molar-refractivity contribution in [2.24, 2.45) is 5.92 Å². The first-order chi connectivity index (χ1) is 8.31. The smallest absolute Gasteiger partial charge is 0.306 e. The zero-order valence-corrected chi connectivity index (χ0v) is 11.2. The van der Waals surface area contributed by atoms with Crippen LogP contribution in [-0.4, -0.2) is 45.8 Å². The molecule has 2 unspecified atom stereocenters. The van der Waals surface area contributed by atoms with Gasteiger partial charge < -0.3 is 10.1 Å². The number of rotatable bonds is 6. The summed E-state index contributed by atoms with van der Waals surface area (Å²) in [5.74, 6) is -1.18. The summed E-state index contributed by atoms with van der Waals surface area (Å²) in [6, 6.07) is -0.383. The molecule has 1 aliphatic rings. The molecule has 1 fully saturated rings. The standard InChI is InChI=1S/C10H17NO6S/c1-3-16-9(12)5-7-4-8(11-10(7)13)6-17-18(2,14)15/h7-8H,3-6H2,1-2H3,(H,11,13). The second-order valence-electron chi connectivity index (χ2n) is 4.14. The van der Waals surface area contributed by atoms with Crippen molar-refractivity contribution in [1.82, 2.24) is 5.32 Å². The molecular formula is C10H17NO6S. The molecule has 0 aromatic heterocycles. The number of nitrogens with one attached hydrogen (secondary N) is 1. The van der Waals surface area contributed by atoms with Gasteiger partial charge in [-0.25, -0.2) is 0 Å². The third kappa shape index (κ3) is 5.01. The van der Waals surface area contributed by atoms with Gasteiger partial charge in [-0.1, -0.05) is 0 Å². The van der Waals surface area contributed by atoms with Crippen LogP contribution in [0.5, 0.6) is 0 Å². The first kappa shape index (κ1) is 14.9. The summed E-state index contributed by atoms with van der Waals surface area (Å²) < 4.78 is 31.0. The normalized spacial score (nSPS) is 23.8. The minimum atomic E-state index is -3.52. The third-order valence-electron chi connectivity index (χ3n) is 2.49. The van der Waals surface area contributed by atoms with Gasteiger partial charge in [0.1, 0.15) is 0 Å². The van der Waals surface area contributed by atoms with E-state index in [1.54, 1.807) is 6.92 Å². The van der Waals surface area contributed by atoms with Crippen LogP contribution in [0.3, 0.4) is 0 Å².